The number of nitrogens with zero attached hydrogens (tertiary/aromatic N) is 2. The van der Waals surface area contributed by atoms with Crippen molar-refractivity contribution < 1.29 is 14.6 Å². The van der Waals surface area contributed by atoms with E-state index < -0.39 is 6.10 Å². The zero-order valence-corrected chi connectivity index (χ0v) is 20.4. The Morgan fingerprint density at radius 2 is 1.62 bits per heavy atom. The summed E-state index contributed by atoms with van der Waals surface area (Å²) in [6.07, 6.45) is -0.705. The van der Waals surface area contributed by atoms with Gasteiger partial charge in [-0.15, -0.1) is 12.4 Å². The second-order valence-electron chi connectivity index (χ2n) is 7.53. The number of hydrogen-bond acceptors (Lipinski definition) is 4. The Morgan fingerprint density at radius 3 is 2.38 bits per heavy atom. The molecule has 0 radical (unpaired) electrons. The topological polar surface area (TPSA) is 56.5 Å². The number of rotatable bonds is 8. The second-order valence-corrected chi connectivity index (χ2v) is 8.39. The highest BCUT2D eigenvalue weighted by molar-refractivity contribution is 9.10. The van der Waals surface area contributed by atoms with Gasteiger partial charge in [0, 0.05) is 0 Å². The molecule has 32 heavy (non-hydrogen) atoms. The Bertz CT molecular complexity index is 1170. The van der Waals surface area contributed by atoms with E-state index in [0.717, 1.165) is 38.2 Å². The standard InChI is InChI=1S/C25H25BrN2O3.ClH/c1-17-8-7-9-18(2)25(17)31-16-24-27-21-11-4-5-12-22(21)28(24)14-19(29)15-30-23-13-6-3-10-20(23)26;/h3-13,19,29H,14-16H2,1-2H3;1H. The fourth-order valence-electron chi connectivity index (χ4n) is 3.61. The van der Waals surface area contributed by atoms with Crippen molar-refractivity contribution in [3.05, 3.63) is 88.2 Å². The summed E-state index contributed by atoms with van der Waals surface area (Å²) in [5, 5.41) is 10.7. The SMILES string of the molecule is Cc1cccc(C)c1OCc1nc2ccccc2n1CC(O)COc1ccccc1Br.Cl. The molecule has 0 aliphatic carbocycles. The molecule has 0 aliphatic rings. The number of aliphatic hydroxyl groups excluding tert-OH is 1. The number of aromatic nitrogens is 2. The number of fused-ring (bicyclic) bond motifs is 1. The molecule has 4 aromatic rings. The number of aliphatic hydroxyl groups is 1. The van der Waals surface area contributed by atoms with Crippen LogP contribution in [0.2, 0.25) is 0 Å². The molecule has 1 atom stereocenters. The second kappa shape index (κ2) is 10.9. The lowest BCUT2D eigenvalue weighted by atomic mass is 10.1. The first-order chi connectivity index (χ1) is 15.0. The van der Waals surface area contributed by atoms with E-state index in [-0.39, 0.29) is 19.0 Å². The van der Waals surface area contributed by atoms with E-state index in [9.17, 15) is 5.11 Å². The minimum Gasteiger partial charge on any atom is -0.490 e. The monoisotopic (exact) mass is 516 g/mol. The molecule has 168 valence electrons. The smallest absolute Gasteiger partial charge is 0.148 e. The highest BCUT2D eigenvalue weighted by atomic mass is 79.9. The number of hydrogen-bond donors (Lipinski definition) is 1. The molecule has 0 saturated carbocycles. The first-order valence-corrected chi connectivity index (χ1v) is 11.0. The van der Waals surface area contributed by atoms with Crippen molar-refractivity contribution in [2.24, 2.45) is 0 Å². The number of halogens is 2. The van der Waals surface area contributed by atoms with Crippen LogP contribution in [-0.2, 0) is 13.2 Å². The van der Waals surface area contributed by atoms with Crippen molar-refractivity contribution in [1.82, 2.24) is 9.55 Å². The van der Waals surface area contributed by atoms with Gasteiger partial charge in [-0.1, -0.05) is 42.5 Å². The van der Waals surface area contributed by atoms with Crippen LogP contribution in [0.15, 0.2) is 71.2 Å². The van der Waals surface area contributed by atoms with E-state index in [1.807, 2.05) is 85.1 Å². The van der Waals surface area contributed by atoms with Crippen LogP contribution in [-0.4, -0.2) is 27.4 Å². The van der Waals surface area contributed by atoms with Gasteiger partial charge in [-0.2, -0.15) is 0 Å². The predicted molar refractivity (Wildman–Crippen MR) is 133 cm³/mol. The fraction of sp³-hybridized carbons (Fsp3) is 0.240. The van der Waals surface area contributed by atoms with Gasteiger partial charge in [0.25, 0.3) is 0 Å². The quantitative estimate of drug-likeness (QED) is 0.318. The number of benzene rings is 3. The normalized spacial score (nSPS) is 11.8. The molecular formula is C25H26BrClN2O3. The van der Waals surface area contributed by atoms with Gasteiger partial charge in [-0.3, -0.25) is 0 Å². The van der Waals surface area contributed by atoms with Gasteiger partial charge in [-0.05, 0) is 65.2 Å². The lowest BCUT2D eigenvalue weighted by Gasteiger charge is -2.17. The zero-order chi connectivity index (χ0) is 21.8. The Morgan fingerprint density at radius 1 is 0.938 bits per heavy atom. The van der Waals surface area contributed by atoms with Gasteiger partial charge in [0.05, 0.1) is 22.1 Å². The molecule has 1 unspecified atom stereocenters. The van der Waals surface area contributed by atoms with Crippen LogP contribution in [0.1, 0.15) is 17.0 Å². The highest BCUT2D eigenvalue weighted by Gasteiger charge is 2.16. The van der Waals surface area contributed by atoms with E-state index >= 15 is 0 Å². The average molecular weight is 518 g/mol. The molecule has 1 aromatic heterocycles. The van der Waals surface area contributed by atoms with E-state index in [0.29, 0.717) is 18.9 Å². The Hall–Kier alpha value is -2.54. The van der Waals surface area contributed by atoms with Crippen molar-refractivity contribution in [1.29, 1.82) is 0 Å². The molecular weight excluding hydrogens is 492 g/mol. The molecule has 0 saturated heterocycles. The van der Waals surface area contributed by atoms with Crippen molar-refractivity contribution in [2.75, 3.05) is 6.61 Å². The number of aryl methyl sites for hydroxylation is 2. The zero-order valence-electron chi connectivity index (χ0n) is 18.0. The van der Waals surface area contributed by atoms with Crippen molar-refractivity contribution in [2.45, 2.75) is 33.1 Å². The molecule has 7 heteroatoms. The van der Waals surface area contributed by atoms with Gasteiger partial charge in [0.2, 0.25) is 0 Å². The molecule has 1 N–H and O–H groups in total. The van der Waals surface area contributed by atoms with E-state index in [4.69, 9.17) is 14.5 Å². The maximum absolute atomic E-state index is 10.7. The third-order valence-corrected chi connectivity index (χ3v) is 5.80. The van der Waals surface area contributed by atoms with Gasteiger partial charge in [-0.25, -0.2) is 4.98 Å². The fourth-order valence-corrected chi connectivity index (χ4v) is 4.01. The average Bonchev–Trinajstić information content (AvgIpc) is 3.10. The summed E-state index contributed by atoms with van der Waals surface area (Å²) in [6.45, 7) is 4.92. The lowest BCUT2D eigenvalue weighted by molar-refractivity contribution is 0.0914. The predicted octanol–water partition coefficient (Wildman–Crippen LogP) is 5.86. The first kappa shape index (κ1) is 24.1. The molecule has 5 nitrogen and oxygen atoms in total. The van der Waals surface area contributed by atoms with Crippen LogP contribution in [0.3, 0.4) is 0 Å². The Balaban J connectivity index is 0.00000289. The summed E-state index contributed by atoms with van der Waals surface area (Å²) >= 11 is 3.47. The molecule has 0 spiro atoms. The Kier molecular flexibility index (Phi) is 8.18. The van der Waals surface area contributed by atoms with E-state index in [1.54, 1.807) is 0 Å². The third kappa shape index (κ3) is 5.44. The Labute approximate surface area is 202 Å². The first-order valence-electron chi connectivity index (χ1n) is 10.2. The maximum atomic E-state index is 10.7. The minimum atomic E-state index is -0.705. The third-order valence-electron chi connectivity index (χ3n) is 5.15. The molecule has 0 amide bonds. The van der Waals surface area contributed by atoms with Crippen LogP contribution < -0.4 is 9.47 Å². The molecule has 1 heterocycles. The highest BCUT2D eigenvalue weighted by Crippen LogP contribution is 2.26. The van der Waals surface area contributed by atoms with Gasteiger partial charge >= 0.3 is 0 Å². The summed E-state index contributed by atoms with van der Waals surface area (Å²) in [5.41, 5.74) is 4.01. The maximum Gasteiger partial charge on any atom is 0.148 e. The van der Waals surface area contributed by atoms with Crippen molar-refractivity contribution >= 4 is 39.4 Å². The van der Waals surface area contributed by atoms with E-state index in [2.05, 4.69) is 15.9 Å². The van der Waals surface area contributed by atoms with Crippen LogP contribution in [0.5, 0.6) is 11.5 Å². The number of imidazole rings is 1. The summed E-state index contributed by atoms with van der Waals surface area (Å²) < 4.78 is 14.8. The largest absolute Gasteiger partial charge is 0.490 e. The molecule has 4 rings (SSSR count). The summed E-state index contributed by atoms with van der Waals surface area (Å²) in [7, 11) is 0. The number of para-hydroxylation sites is 4. The van der Waals surface area contributed by atoms with Crippen LogP contribution in [0.4, 0.5) is 0 Å². The minimum absolute atomic E-state index is 0. The summed E-state index contributed by atoms with van der Waals surface area (Å²) in [6, 6.07) is 21.6. The summed E-state index contributed by atoms with van der Waals surface area (Å²) in [5.74, 6) is 2.35. The van der Waals surface area contributed by atoms with Crippen LogP contribution in [0, 0.1) is 13.8 Å². The van der Waals surface area contributed by atoms with Crippen molar-refractivity contribution in [3.63, 3.8) is 0 Å². The number of ether oxygens (including phenoxy) is 2. The molecule has 0 fully saturated rings. The van der Waals surface area contributed by atoms with E-state index in [1.165, 1.54) is 0 Å². The van der Waals surface area contributed by atoms with Crippen LogP contribution >= 0.6 is 28.3 Å². The van der Waals surface area contributed by atoms with Gasteiger partial charge in [0.1, 0.15) is 36.6 Å². The molecule has 0 aliphatic heterocycles. The van der Waals surface area contributed by atoms with Crippen molar-refractivity contribution in [3.8, 4) is 11.5 Å². The van der Waals surface area contributed by atoms with Gasteiger partial charge in [0.15, 0.2) is 0 Å². The van der Waals surface area contributed by atoms with Crippen LogP contribution in [0.25, 0.3) is 11.0 Å². The lowest BCUT2D eigenvalue weighted by Crippen LogP contribution is -2.25. The molecule has 0 bridgehead atoms. The summed E-state index contributed by atoms with van der Waals surface area (Å²) in [4.78, 5) is 4.75. The molecule has 3 aromatic carbocycles. The van der Waals surface area contributed by atoms with Gasteiger partial charge < -0.3 is 19.1 Å².